The van der Waals surface area contributed by atoms with E-state index < -0.39 is 7.12 Å². The van der Waals surface area contributed by atoms with Crippen molar-refractivity contribution in [1.29, 1.82) is 0 Å². The first-order valence-corrected chi connectivity index (χ1v) is 5.86. The van der Waals surface area contributed by atoms with Gasteiger partial charge >= 0.3 is 7.12 Å². The number of benzene rings is 1. The fourth-order valence-electron chi connectivity index (χ4n) is 1.40. The summed E-state index contributed by atoms with van der Waals surface area (Å²) in [5.41, 5.74) is 3.61. The van der Waals surface area contributed by atoms with Gasteiger partial charge in [0.1, 0.15) is 0 Å². The largest absolute Gasteiger partial charge is 0.488 e. The molecule has 1 aromatic carbocycles. The molecule has 7 heteroatoms. The Morgan fingerprint density at radius 2 is 1.89 bits per heavy atom. The highest BCUT2D eigenvalue weighted by atomic mass is 16.4. The maximum absolute atomic E-state index is 11.5. The predicted molar refractivity (Wildman–Crippen MR) is 74.9 cm³/mol. The molecule has 102 valence electrons. The molecule has 3 N–H and O–H groups in total. The highest BCUT2D eigenvalue weighted by Crippen LogP contribution is 1.93. The molecule has 0 aromatic heterocycles. The summed E-state index contributed by atoms with van der Waals surface area (Å²) in [7, 11) is 4.28. The molecule has 1 aromatic rings. The van der Waals surface area contributed by atoms with Crippen LogP contribution < -0.4 is 10.9 Å². The van der Waals surface area contributed by atoms with Gasteiger partial charge in [-0.15, -0.1) is 0 Å². The molecule has 1 rings (SSSR count). The smallest absolute Gasteiger partial charge is 0.423 e. The van der Waals surface area contributed by atoms with Crippen molar-refractivity contribution in [2.24, 2.45) is 5.10 Å². The Morgan fingerprint density at radius 1 is 1.32 bits per heavy atom. The van der Waals surface area contributed by atoms with Crippen molar-refractivity contribution in [2.45, 2.75) is 0 Å². The van der Waals surface area contributed by atoms with Crippen molar-refractivity contribution in [3.05, 3.63) is 29.8 Å². The summed E-state index contributed by atoms with van der Waals surface area (Å²) < 4.78 is 0.532. The average molecular weight is 264 g/mol. The lowest BCUT2D eigenvalue weighted by Crippen LogP contribution is -2.43. The number of carbonyl (C=O) groups is 1. The lowest BCUT2D eigenvalue weighted by atomic mass is 9.80. The molecule has 0 saturated heterocycles. The standard InChI is InChI=1S/C12H18BN3O3/c1-16(2,3)9-12(17)15-14-8-10-4-6-11(7-5-10)13(18)19/h4-8,18-19H,9H2,1-3H3/p+1/b14-8-. The quantitative estimate of drug-likeness (QED) is 0.262. The molecular formula is C12H19BN3O3+. The Labute approximate surface area is 113 Å². The summed E-state index contributed by atoms with van der Waals surface area (Å²) in [5.74, 6) is -0.161. The maximum Gasteiger partial charge on any atom is 0.488 e. The molecule has 0 aliphatic heterocycles. The number of rotatable bonds is 5. The minimum atomic E-state index is -1.48. The molecule has 0 saturated carbocycles. The van der Waals surface area contributed by atoms with Crippen LogP contribution in [0.15, 0.2) is 29.4 Å². The molecule has 0 atom stereocenters. The minimum Gasteiger partial charge on any atom is -0.423 e. The minimum absolute atomic E-state index is 0.161. The number of carbonyl (C=O) groups excluding carboxylic acids is 1. The first-order valence-electron chi connectivity index (χ1n) is 5.86. The van der Waals surface area contributed by atoms with Gasteiger partial charge in [0.05, 0.1) is 27.4 Å². The highest BCUT2D eigenvalue weighted by Gasteiger charge is 2.13. The van der Waals surface area contributed by atoms with Gasteiger partial charge in [0, 0.05) is 0 Å². The van der Waals surface area contributed by atoms with Crippen LogP contribution in [0.4, 0.5) is 0 Å². The Morgan fingerprint density at radius 3 is 2.37 bits per heavy atom. The number of likely N-dealkylation sites (N-methyl/N-ethyl adjacent to an activating group) is 1. The number of nitrogens with zero attached hydrogens (tertiary/aromatic N) is 2. The summed E-state index contributed by atoms with van der Waals surface area (Å²) >= 11 is 0. The second-order valence-electron chi connectivity index (χ2n) is 5.28. The van der Waals surface area contributed by atoms with Crippen molar-refractivity contribution in [1.82, 2.24) is 5.43 Å². The molecule has 0 heterocycles. The molecule has 6 nitrogen and oxygen atoms in total. The van der Waals surface area contributed by atoms with E-state index in [1.54, 1.807) is 24.3 Å². The summed E-state index contributed by atoms with van der Waals surface area (Å²) in [6.07, 6.45) is 1.50. The number of quaternary nitrogens is 1. The fraction of sp³-hybridized carbons (Fsp3) is 0.333. The van der Waals surface area contributed by atoms with E-state index in [1.165, 1.54) is 6.21 Å². The van der Waals surface area contributed by atoms with Crippen LogP contribution in [0.25, 0.3) is 0 Å². The topological polar surface area (TPSA) is 81.9 Å². The van der Waals surface area contributed by atoms with Crippen molar-refractivity contribution >= 4 is 24.7 Å². The third-order valence-corrected chi connectivity index (χ3v) is 2.26. The van der Waals surface area contributed by atoms with E-state index in [0.29, 0.717) is 16.5 Å². The van der Waals surface area contributed by atoms with Gasteiger partial charge in [-0.05, 0) is 11.0 Å². The molecule has 0 radical (unpaired) electrons. The summed E-state index contributed by atoms with van der Waals surface area (Å²) in [6.45, 7) is 0.340. The first-order chi connectivity index (χ1) is 8.78. The fourth-order valence-corrected chi connectivity index (χ4v) is 1.40. The van der Waals surface area contributed by atoms with E-state index in [1.807, 2.05) is 21.1 Å². The van der Waals surface area contributed by atoms with Crippen LogP contribution in [0.3, 0.4) is 0 Å². The molecule has 0 fully saturated rings. The first kappa shape index (κ1) is 15.4. The third-order valence-electron chi connectivity index (χ3n) is 2.26. The van der Waals surface area contributed by atoms with E-state index >= 15 is 0 Å². The van der Waals surface area contributed by atoms with E-state index in [9.17, 15) is 4.79 Å². The van der Waals surface area contributed by atoms with Gasteiger partial charge < -0.3 is 14.5 Å². The molecule has 0 unspecified atom stereocenters. The Bertz CT molecular complexity index is 452. The van der Waals surface area contributed by atoms with Gasteiger partial charge in [0.2, 0.25) is 0 Å². The summed E-state index contributed by atoms with van der Waals surface area (Å²) in [4.78, 5) is 11.5. The lowest BCUT2D eigenvalue weighted by molar-refractivity contribution is -0.862. The van der Waals surface area contributed by atoms with E-state index in [2.05, 4.69) is 10.5 Å². The Hall–Kier alpha value is -1.70. The monoisotopic (exact) mass is 264 g/mol. The third kappa shape index (κ3) is 6.14. The number of hydrazone groups is 1. The molecule has 19 heavy (non-hydrogen) atoms. The van der Waals surface area contributed by atoms with E-state index in [0.717, 1.165) is 5.56 Å². The molecule has 1 amide bonds. The maximum atomic E-state index is 11.5. The zero-order valence-corrected chi connectivity index (χ0v) is 11.4. The zero-order valence-electron chi connectivity index (χ0n) is 11.4. The molecule has 0 aliphatic rings. The van der Waals surface area contributed by atoms with Gasteiger partial charge in [0.15, 0.2) is 6.54 Å². The summed E-state index contributed by atoms with van der Waals surface area (Å²) in [6, 6.07) is 6.54. The van der Waals surface area contributed by atoms with Crippen LogP contribution in [0.1, 0.15) is 5.56 Å². The van der Waals surface area contributed by atoms with Crippen LogP contribution in [0, 0.1) is 0 Å². The van der Waals surface area contributed by atoms with Gasteiger partial charge in [0.25, 0.3) is 5.91 Å². The van der Waals surface area contributed by atoms with Crippen LogP contribution in [0.5, 0.6) is 0 Å². The predicted octanol–water partition coefficient (Wildman–Crippen LogP) is -1.48. The van der Waals surface area contributed by atoms with Crippen LogP contribution in [0.2, 0.25) is 0 Å². The van der Waals surface area contributed by atoms with E-state index in [4.69, 9.17) is 10.0 Å². The molecule has 0 spiro atoms. The molecule has 0 aliphatic carbocycles. The number of nitrogens with one attached hydrogen (secondary N) is 1. The number of amides is 1. The zero-order chi connectivity index (χ0) is 14.5. The van der Waals surface area contributed by atoms with Crippen molar-refractivity contribution in [3.8, 4) is 0 Å². The molecule has 0 bridgehead atoms. The SMILES string of the molecule is C[N+](C)(C)CC(=O)N/N=C\c1ccc(B(O)O)cc1. The number of hydrogen-bond acceptors (Lipinski definition) is 4. The van der Waals surface area contributed by atoms with Crippen molar-refractivity contribution in [3.63, 3.8) is 0 Å². The van der Waals surface area contributed by atoms with Crippen molar-refractivity contribution < 1.29 is 19.3 Å². The van der Waals surface area contributed by atoms with Crippen LogP contribution >= 0.6 is 0 Å². The normalized spacial score (nSPS) is 11.6. The Balaban J connectivity index is 2.51. The van der Waals surface area contributed by atoms with Crippen molar-refractivity contribution in [2.75, 3.05) is 27.7 Å². The van der Waals surface area contributed by atoms with Crippen LogP contribution in [-0.2, 0) is 4.79 Å². The van der Waals surface area contributed by atoms with Gasteiger partial charge in [-0.1, -0.05) is 24.3 Å². The number of hydrogen-bond donors (Lipinski definition) is 3. The van der Waals surface area contributed by atoms with Gasteiger partial charge in [-0.2, -0.15) is 5.10 Å². The highest BCUT2D eigenvalue weighted by molar-refractivity contribution is 6.58. The van der Waals surface area contributed by atoms with E-state index in [-0.39, 0.29) is 5.91 Å². The summed E-state index contributed by atoms with van der Waals surface area (Å²) in [5, 5.41) is 21.7. The Kier molecular flexibility index (Phi) is 5.23. The van der Waals surface area contributed by atoms with Gasteiger partial charge in [-0.25, -0.2) is 5.43 Å². The van der Waals surface area contributed by atoms with Gasteiger partial charge in [-0.3, -0.25) is 4.79 Å². The lowest BCUT2D eigenvalue weighted by Gasteiger charge is -2.21. The second kappa shape index (κ2) is 6.47. The molecular weight excluding hydrogens is 245 g/mol. The van der Waals surface area contributed by atoms with Crippen LogP contribution in [-0.4, -0.2) is 61.5 Å². The average Bonchev–Trinajstić information content (AvgIpc) is 2.27. The second-order valence-corrected chi connectivity index (χ2v) is 5.28.